The Kier molecular flexibility index (Phi) is 26.3. The first-order valence-corrected chi connectivity index (χ1v) is 35.9. The lowest BCUT2D eigenvalue weighted by molar-refractivity contribution is -0.0786. The van der Waals surface area contributed by atoms with Crippen LogP contribution in [0.25, 0.3) is 33.5 Å². The van der Waals surface area contributed by atoms with Gasteiger partial charge in [0.2, 0.25) is 0 Å². The maximum absolute atomic E-state index is 12.3. The normalized spacial score (nSPS) is 29.1. The molecule has 0 amide bonds. The molecule has 0 radical (unpaired) electrons. The number of anilines is 3. The van der Waals surface area contributed by atoms with Crippen LogP contribution in [0.4, 0.5) is 17.5 Å². The Labute approximate surface area is 556 Å². The zero-order valence-electron chi connectivity index (χ0n) is 53.3. The van der Waals surface area contributed by atoms with Gasteiger partial charge in [0, 0.05) is 54.4 Å². The van der Waals surface area contributed by atoms with Gasteiger partial charge >= 0.3 is 26.9 Å². The predicted molar refractivity (Wildman–Crippen MR) is 343 cm³/mol. The summed E-state index contributed by atoms with van der Waals surface area (Å²) in [7, 11) is 3.89. The van der Waals surface area contributed by atoms with E-state index in [1.807, 2.05) is 13.8 Å². The molecule has 96 heavy (non-hydrogen) atoms. The van der Waals surface area contributed by atoms with Gasteiger partial charge in [0.15, 0.2) is 59.3 Å². The van der Waals surface area contributed by atoms with Gasteiger partial charge in [-0.05, 0) is 49.8 Å². The van der Waals surface area contributed by atoms with E-state index in [0.29, 0.717) is 71.5 Å². The monoisotopic (exact) mass is 1450 g/mol. The Balaban J connectivity index is 0.000000164. The molecular weight excluding hydrogens is 1380 g/mol. The summed E-state index contributed by atoms with van der Waals surface area (Å²) in [5, 5.41) is 31.6. The molecule has 45 heteroatoms. The van der Waals surface area contributed by atoms with E-state index in [-0.39, 0.29) is 30.2 Å². The number of nitrogen functional groups attached to an aromatic ring is 3. The summed E-state index contributed by atoms with van der Waals surface area (Å²) in [6, 6.07) is 0. The average molecular weight is 1450 g/mol. The van der Waals surface area contributed by atoms with E-state index in [0.717, 1.165) is 7.11 Å². The highest BCUT2D eigenvalue weighted by atomic mass is 32.5. The molecule has 7 aromatic rings. The van der Waals surface area contributed by atoms with Crippen molar-refractivity contribution in [2.24, 2.45) is 0 Å². The summed E-state index contributed by atoms with van der Waals surface area (Å²) in [4.78, 5) is 92.2. The van der Waals surface area contributed by atoms with E-state index in [1.165, 1.54) is 81.7 Å². The molecule has 4 aliphatic rings. The number of phosphoric ester groups is 1. The Morgan fingerprint density at radius 2 is 0.938 bits per heavy atom. The number of rotatable bonds is 23. The molecule has 4 aliphatic heterocycles. The molecule has 7 aromatic heterocycles. The van der Waals surface area contributed by atoms with E-state index in [9.17, 15) is 44.2 Å². The summed E-state index contributed by atoms with van der Waals surface area (Å²) in [5.74, 6) is 0.713. The third-order valence-electron chi connectivity index (χ3n) is 15.5. The van der Waals surface area contributed by atoms with Crippen molar-refractivity contribution in [1.29, 1.82) is 0 Å². The number of aryl methyl sites for hydroxylation is 1. The fourth-order valence-electron chi connectivity index (χ4n) is 10.7. The van der Waals surface area contributed by atoms with Gasteiger partial charge in [0.05, 0.1) is 57.1 Å². The lowest BCUT2D eigenvalue weighted by atomic mass is 10.1. The van der Waals surface area contributed by atoms with Gasteiger partial charge in [0.25, 0.3) is 5.56 Å². The molecular formula is C51H78N17O23P3S2. The van der Waals surface area contributed by atoms with Crippen LogP contribution in [-0.2, 0) is 93.2 Å². The summed E-state index contributed by atoms with van der Waals surface area (Å²) in [6.07, 6.45) is -1.17. The smallest absolute Gasteiger partial charge is 0.386 e. The van der Waals surface area contributed by atoms with Crippen LogP contribution in [0.15, 0.2) is 53.7 Å². The highest BCUT2D eigenvalue weighted by Gasteiger charge is 2.52. The van der Waals surface area contributed by atoms with Crippen molar-refractivity contribution in [3.8, 4) is 0 Å². The van der Waals surface area contributed by atoms with Crippen LogP contribution in [0, 0.1) is 6.92 Å². The van der Waals surface area contributed by atoms with Crippen molar-refractivity contribution >= 4 is 95.8 Å². The minimum Gasteiger partial charge on any atom is -0.386 e. The highest BCUT2D eigenvalue weighted by Crippen LogP contribution is 2.51. The number of ether oxygens (including phenoxy) is 8. The van der Waals surface area contributed by atoms with Crippen LogP contribution in [0.3, 0.4) is 0 Å². The number of nitrogens with one attached hydrogen (secondary N) is 1. The Morgan fingerprint density at radius 1 is 0.531 bits per heavy atom. The van der Waals surface area contributed by atoms with Gasteiger partial charge in [-0.2, -0.15) is 0 Å². The number of imidazole rings is 3. The molecule has 4 fully saturated rings. The second-order valence-electron chi connectivity index (χ2n) is 21.3. The van der Waals surface area contributed by atoms with Gasteiger partial charge in [-0.1, -0.05) is 20.8 Å². The van der Waals surface area contributed by atoms with Crippen molar-refractivity contribution in [1.82, 2.24) is 68.1 Å². The van der Waals surface area contributed by atoms with Crippen molar-refractivity contribution in [2.75, 3.05) is 79.7 Å². The minimum atomic E-state index is -4.28. The molecule has 7 unspecified atom stereocenters. The number of aromatic nitrogens is 14. The maximum Gasteiger partial charge on any atom is 0.472 e. The number of fused-ring (bicyclic) bond motifs is 3. The van der Waals surface area contributed by atoms with E-state index < -0.39 is 125 Å². The molecule has 0 bridgehead atoms. The van der Waals surface area contributed by atoms with Gasteiger partial charge in [-0.15, -0.1) is 0 Å². The van der Waals surface area contributed by atoms with E-state index in [2.05, 4.69) is 54.4 Å². The lowest BCUT2D eigenvalue weighted by Crippen LogP contribution is -2.41. The molecule has 532 valence electrons. The fourth-order valence-corrected chi connectivity index (χ4v) is 13.3. The number of aliphatic hydroxyl groups excluding tert-OH is 3. The summed E-state index contributed by atoms with van der Waals surface area (Å²) in [5.41, 5.74) is 19.1. The first kappa shape index (κ1) is 76.2. The first-order chi connectivity index (χ1) is 45.7. The van der Waals surface area contributed by atoms with Crippen LogP contribution in [-0.4, -0.2) is 234 Å². The number of aliphatic hydroxyl groups is 3. The Bertz CT molecular complexity index is 3880. The second kappa shape index (κ2) is 33.1. The molecule has 40 nitrogen and oxygen atoms in total. The quantitative estimate of drug-likeness (QED) is 0.0304. The summed E-state index contributed by atoms with van der Waals surface area (Å²) < 4.78 is 92.5. The number of hydrogen-bond donors (Lipinski definition) is 10. The predicted octanol–water partition coefficient (Wildman–Crippen LogP) is 0.295. The summed E-state index contributed by atoms with van der Waals surface area (Å²) >= 11 is 9.83. The van der Waals surface area contributed by atoms with Crippen molar-refractivity contribution in [3.63, 3.8) is 0 Å². The van der Waals surface area contributed by atoms with Crippen molar-refractivity contribution in [2.45, 2.75) is 145 Å². The molecule has 13 N–H and O–H groups in total. The molecule has 0 aliphatic carbocycles. The van der Waals surface area contributed by atoms with Crippen molar-refractivity contribution in [3.05, 3.63) is 70.6 Å². The second-order valence-corrected chi connectivity index (χ2v) is 28.6. The number of nitrogens with zero attached hydrogens (tertiary/aromatic N) is 13. The summed E-state index contributed by atoms with van der Waals surface area (Å²) in [6.45, 7) is 0.999. The average Bonchev–Trinajstić information content (AvgIpc) is 1.64. The molecule has 4 saturated heterocycles. The topological polar surface area (TPSA) is 531 Å². The first-order valence-electron chi connectivity index (χ1n) is 29.3. The lowest BCUT2D eigenvalue weighted by Gasteiger charge is -2.27. The molecule has 0 spiro atoms. The third kappa shape index (κ3) is 17.0. The van der Waals surface area contributed by atoms with Crippen LogP contribution in [0.2, 0.25) is 0 Å². The van der Waals surface area contributed by atoms with Gasteiger partial charge < -0.3 is 94.1 Å². The van der Waals surface area contributed by atoms with Crippen LogP contribution in [0.5, 0.6) is 0 Å². The molecule has 0 aromatic carbocycles. The maximum atomic E-state index is 12.3. The van der Waals surface area contributed by atoms with Crippen molar-refractivity contribution < 1.29 is 99.6 Å². The third-order valence-corrected chi connectivity index (χ3v) is 19.8. The van der Waals surface area contributed by atoms with Crippen LogP contribution < -0.4 is 28.5 Å². The number of H-pyrrole nitrogens is 1. The standard InChI is InChI=1S/C15H25N2O8PS.C12H18N5O6P.C12H18N5O5PS.C12H17N5O4/c1-5-10-11(25-26(20,27)22-4)12(23-7-6-21-3)14(24-10)17-8-9(2)13(18)16-15(17)19;1-3-6-9(23-24(19,20)21-2)8(18)12(22-6)17-5-16-7-10(13)14-4-15-11(7)17;1-3-6-9(22-23(19,24)20-2)8(18)12(21-6)17-5-16-7-10(13)14-4-15-11(7)17;1-19-3-6-9(20-2)8(18)12(21-6)17-5-16-7-10(13)14-4-15-11(7)17/h8,10-12,14H,5-7H2,1-4H3,(H,20,27)(H,16,18,19);4-6,8-9,12,18H,3H2,1-2H3,(H,19,20)(H2,13,14,15);4-6,8-9,12,18H,3H2,1-2H3,(H,19,24)(H2,13,14,15);4-6,8-9,12,18H,3H2,1-2H3,(H2,13,14,15)/t10-,11+,12?,14-,26?;6-,8?,9+,12-;6-,8?,9+,12-,23?;6-,8?,9+,12-/m1111/s1. The van der Waals surface area contributed by atoms with Gasteiger partial charge in [-0.3, -0.25) is 46.1 Å². The van der Waals surface area contributed by atoms with Crippen LogP contribution in [0.1, 0.15) is 70.5 Å². The highest BCUT2D eigenvalue weighted by molar-refractivity contribution is 8.07. The van der Waals surface area contributed by atoms with E-state index in [4.69, 9.17) is 101 Å². The number of nitrogens with two attached hydrogens (primary N) is 3. The number of hydrogen-bond acceptors (Lipinski definition) is 34. The number of methoxy groups -OCH3 is 3. The van der Waals surface area contributed by atoms with Crippen LogP contribution >= 0.6 is 21.3 Å². The zero-order valence-corrected chi connectivity index (χ0v) is 57.7. The molecule has 11 heterocycles. The minimum absolute atomic E-state index is 0.199. The SMILES string of the molecule is CC[C@H]1O[C@@H](n2cc(C)c(=O)[nH]c2=O)C(OCCOC)[C@H]1OP(O)(=S)OC.CC[C@H]1O[C@@H](n2cnc3c(N)ncnc32)C(O)[C@H]1OP(=O)(O)OC.CC[C@H]1O[C@@H](n2cnc3c(N)ncnc32)C(O)[C@H]1OP(O)(=S)OC.COC[C@H]1O[C@@H](n2cnc3c(N)ncnc32)C(O)[C@H]1OC. The van der Waals surface area contributed by atoms with Gasteiger partial charge in [0.1, 0.15) is 90.5 Å². The zero-order chi connectivity index (χ0) is 70.1. The molecule has 0 saturated carbocycles. The molecule has 19 atom stereocenters. The van der Waals surface area contributed by atoms with Gasteiger partial charge in [-0.25, -0.2) is 54.2 Å². The van der Waals surface area contributed by atoms with E-state index in [1.54, 1.807) is 30.1 Å². The molecule has 11 rings (SSSR count). The largest absolute Gasteiger partial charge is 0.472 e. The Morgan fingerprint density at radius 3 is 1.34 bits per heavy atom. The van der Waals surface area contributed by atoms with E-state index >= 15 is 0 Å². The fraction of sp³-hybridized carbons (Fsp3) is 0.627. The Hall–Kier alpha value is -5.54. The number of phosphoric acid groups is 1. The number of aromatic amines is 1.